The van der Waals surface area contributed by atoms with Crippen LogP contribution in [0.1, 0.15) is 122 Å². The lowest BCUT2D eigenvalue weighted by Gasteiger charge is -2.05. The van der Waals surface area contributed by atoms with Crippen LogP contribution in [-0.4, -0.2) is 31.8 Å². The second-order valence-electron chi connectivity index (χ2n) is 8.04. The van der Waals surface area contributed by atoms with Gasteiger partial charge in [-0.2, -0.15) is 0 Å². The minimum absolute atomic E-state index is 0.0268. The van der Waals surface area contributed by atoms with E-state index < -0.39 is 22.5 Å². The molecule has 0 radical (unpaired) electrons. The van der Waals surface area contributed by atoms with Crippen LogP contribution >= 0.6 is 0 Å². The molecular formula is C22H45NO4S. The molecule has 0 fully saturated rings. The molecule has 168 valence electrons. The zero-order chi connectivity index (χ0) is 20.9. The summed E-state index contributed by atoms with van der Waals surface area (Å²) in [7, 11) is -3.43. The predicted octanol–water partition coefficient (Wildman–Crippen LogP) is 6.03. The van der Waals surface area contributed by atoms with Gasteiger partial charge in [0.15, 0.2) is 0 Å². The minimum Gasteiger partial charge on any atom is -0.480 e. The molecule has 6 heteroatoms. The molecule has 2 N–H and O–H groups in total. The number of aliphatic carboxylic acids is 1. The van der Waals surface area contributed by atoms with E-state index in [1.54, 1.807) is 0 Å². The first-order chi connectivity index (χ1) is 13.5. The molecule has 0 aliphatic carbocycles. The molecular weight excluding hydrogens is 374 g/mol. The van der Waals surface area contributed by atoms with Gasteiger partial charge in [0.2, 0.25) is 10.0 Å². The maximum absolute atomic E-state index is 11.5. The van der Waals surface area contributed by atoms with Crippen molar-refractivity contribution in [1.29, 1.82) is 0 Å². The second kappa shape index (κ2) is 19.7. The largest absolute Gasteiger partial charge is 0.480 e. The molecule has 0 bridgehead atoms. The molecule has 0 aromatic carbocycles. The number of hydrogen-bond acceptors (Lipinski definition) is 3. The molecule has 0 heterocycles. The third-order valence-corrected chi connectivity index (χ3v) is 6.62. The number of carboxylic acids is 1. The van der Waals surface area contributed by atoms with E-state index in [0.29, 0.717) is 6.42 Å². The molecule has 0 aromatic rings. The quantitative estimate of drug-likeness (QED) is 0.210. The van der Waals surface area contributed by atoms with E-state index in [2.05, 4.69) is 11.6 Å². The van der Waals surface area contributed by atoms with Crippen LogP contribution in [0.15, 0.2) is 0 Å². The van der Waals surface area contributed by atoms with Crippen molar-refractivity contribution in [3.05, 3.63) is 0 Å². The summed E-state index contributed by atoms with van der Waals surface area (Å²) in [5, 5.41) is 8.48. The van der Waals surface area contributed by atoms with Gasteiger partial charge in [0.25, 0.3) is 0 Å². The van der Waals surface area contributed by atoms with Crippen molar-refractivity contribution in [3.63, 3.8) is 0 Å². The van der Waals surface area contributed by atoms with E-state index >= 15 is 0 Å². The summed E-state index contributed by atoms with van der Waals surface area (Å²) in [6.07, 6.45) is 22.9. The maximum Gasteiger partial charge on any atom is 0.318 e. The van der Waals surface area contributed by atoms with Gasteiger partial charge in [0, 0.05) is 0 Å². The molecule has 0 saturated heterocycles. The Hall–Kier alpha value is -0.620. The van der Waals surface area contributed by atoms with E-state index in [0.717, 1.165) is 12.8 Å². The van der Waals surface area contributed by atoms with Crippen molar-refractivity contribution in [2.45, 2.75) is 122 Å². The van der Waals surface area contributed by atoms with E-state index in [1.807, 2.05) is 0 Å². The van der Waals surface area contributed by atoms with Crippen molar-refractivity contribution in [2.24, 2.45) is 0 Å². The number of rotatable bonds is 22. The van der Waals surface area contributed by atoms with Gasteiger partial charge in [-0.1, -0.05) is 116 Å². The van der Waals surface area contributed by atoms with Gasteiger partial charge in [-0.3, -0.25) is 4.79 Å². The minimum atomic E-state index is -3.43. The molecule has 0 atom stereocenters. The average Bonchev–Trinajstić information content (AvgIpc) is 2.65. The molecule has 0 aliphatic heterocycles. The smallest absolute Gasteiger partial charge is 0.318 e. The van der Waals surface area contributed by atoms with Crippen LogP contribution < -0.4 is 4.72 Å². The lowest BCUT2D eigenvalue weighted by atomic mass is 10.0. The average molecular weight is 420 g/mol. The number of hydrogen-bond donors (Lipinski definition) is 2. The number of carbonyl (C=O) groups is 1. The van der Waals surface area contributed by atoms with Crippen LogP contribution in [0.4, 0.5) is 0 Å². The van der Waals surface area contributed by atoms with Gasteiger partial charge < -0.3 is 5.11 Å². The molecule has 0 aromatic heterocycles. The zero-order valence-electron chi connectivity index (χ0n) is 18.2. The Bertz CT molecular complexity index is 451. The highest BCUT2D eigenvalue weighted by molar-refractivity contribution is 7.89. The standard InChI is InChI=1S/C22H45NO4S/c1-2-3-4-5-6-7-8-9-10-11-12-13-14-15-16-17-18-19-20-28(26,27)23-21-22(24)25/h23H,2-21H2,1H3,(H,24,25). The molecule has 0 spiro atoms. The molecule has 0 amide bonds. The van der Waals surface area contributed by atoms with E-state index in [9.17, 15) is 13.2 Å². The van der Waals surface area contributed by atoms with Gasteiger partial charge >= 0.3 is 5.97 Å². The van der Waals surface area contributed by atoms with Crippen LogP contribution in [0.3, 0.4) is 0 Å². The SMILES string of the molecule is CCCCCCCCCCCCCCCCCCCCS(=O)(=O)NCC(=O)O. The summed E-state index contributed by atoms with van der Waals surface area (Å²) in [5.74, 6) is -1.12. The highest BCUT2D eigenvalue weighted by atomic mass is 32.2. The highest BCUT2D eigenvalue weighted by Gasteiger charge is 2.10. The van der Waals surface area contributed by atoms with Crippen molar-refractivity contribution in [1.82, 2.24) is 4.72 Å². The van der Waals surface area contributed by atoms with E-state index in [-0.39, 0.29) is 5.75 Å². The summed E-state index contributed by atoms with van der Waals surface area (Å²) in [5.41, 5.74) is 0. The zero-order valence-corrected chi connectivity index (χ0v) is 19.0. The summed E-state index contributed by atoms with van der Waals surface area (Å²) in [6.45, 7) is 1.74. The van der Waals surface area contributed by atoms with Gasteiger partial charge in [-0.05, 0) is 6.42 Å². The Morgan fingerprint density at radius 2 is 0.964 bits per heavy atom. The number of carboxylic acid groups (broad SMARTS) is 1. The fourth-order valence-electron chi connectivity index (χ4n) is 3.44. The summed E-state index contributed by atoms with van der Waals surface area (Å²) >= 11 is 0. The second-order valence-corrected chi connectivity index (χ2v) is 9.97. The summed E-state index contributed by atoms with van der Waals surface area (Å²) in [6, 6.07) is 0. The highest BCUT2D eigenvalue weighted by Crippen LogP contribution is 2.14. The third-order valence-electron chi connectivity index (χ3n) is 5.21. The molecule has 0 aliphatic rings. The monoisotopic (exact) mass is 419 g/mol. The molecule has 0 saturated carbocycles. The number of sulfonamides is 1. The van der Waals surface area contributed by atoms with Crippen molar-refractivity contribution in [2.75, 3.05) is 12.3 Å². The third kappa shape index (κ3) is 21.7. The Labute approximate surface area is 174 Å². The lowest BCUT2D eigenvalue weighted by Crippen LogP contribution is -2.31. The maximum atomic E-state index is 11.5. The fraction of sp³-hybridized carbons (Fsp3) is 0.955. The Balaban J connectivity index is 3.21. The van der Waals surface area contributed by atoms with Crippen molar-refractivity contribution >= 4 is 16.0 Å². The van der Waals surface area contributed by atoms with Gasteiger partial charge in [-0.25, -0.2) is 13.1 Å². The van der Waals surface area contributed by atoms with Gasteiger partial charge in [-0.15, -0.1) is 0 Å². The van der Waals surface area contributed by atoms with Crippen LogP contribution in [0.25, 0.3) is 0 Å². The molecule has 0 rings (SSSR count). The number of nitrogens with one attached hydrogen (secondary N) is 1. The van der Waals surface area contributed by atoms with E-state index in [4.69, 9.17) is 5.11 Å². The van der Waals surface area contributed by atoms with Crippen LogP contribution in [0.5, 0.6) is 0 Å². The Morgan fingerprint density at radius 1 is 0.643 bits per heavy atom. The fourth-order valence-corrected chi connectivity index (χ4v) is 4.51. The first-order valence-corrected chi connectivity index (χ1v) is 13.3. The molecule has 0 unspecified atom stereocenters. The van der Waals surface area contributed by atoms with Gasteiger partial charge in [0.1, 0.15) is 6.54 Å². The number of unbranched alkanes of at least 4 members (excludes halogenated alkanes) is 17. The Kier molecular flexibility index (Phi) is 19.2. The van der Waals surface area contributed by atoms with Gasteiger partial charge in [0.05, 0.1) is 5.75 Å². The van der Waals surface area contributed by atoms with Crippen LogP contribution in [0, 0.1) is 0 Å². The summed E-state index contributed by atoms with van der Waals surface area (Å²) in [4.78, 5) is 10.4. The van der Waals surface area contributed by atoms with E-state index in [1.165, 1.54) is 96.3 Å². The van der Waals surface area contributed by atoms with Crippen LogP contribution in [0.2, 0.25) is 0 Å². The first kappa shape index (κ1) is 27.4. The predicted molar refractivity (Wildman–Crippen MR) is 118 cm³/mol. The Morgan fingerprint density at radius 3 is 1.29 bits per heavy atom. The topological polar surface area (TPSA) is 83.5 Å². The lowest BCUT2D eigenvalue weighted by molar-refractivity contribution is -0.135. The van der Waals surface area contributed by atoms with Crippen molar-refractivity contribution in [3.8, 4) is 0 Å². The van der Waals surface area contributed by atoms with Crippen molar-refractivity contribution < 1.29 is 18.3 Å². The first-order valence-electron chi connectivity index (χ1n) is 11.7. The summed E-state index contributed by atoms with van der Waals surface area (Å²) < 4.78 is 25.2. The molecule has 28 heavy (non-hydrogen) atoms. The van der Waals surface area contributed by atoms with Crippen LogP contribution in [-0.2, 0) is 14.8 Å². The molecule has 5 nitrogen and oxygen atoms in total. The normalized spacial score (nSPS) is 11.8.